The average molecular weight is 236 g/mol. The Morgan fingerprint density at radius 2 is 1.59 bits per heavy atom. The summed E-state index contributed by atoms with van der Waals surface area (Å²) in [6, 6.07) is 0. The van der Waals surface area contributed by atoms with E-state index < -0.39 is 23.6 Å². The summed E-state index contributed by atoms with van der Waals surface area (Å²) in [5, 5.41) is 4.10. The summed E-state index contributed by atoms with van der Waals surface area (Å²) in [7, 11) is 0. The van der Waals surface area contributed by atoms with E-state index in [9.17, 15) is 19.2 Å². The Kier molecular flexibility index (Phi) is 2.73. The molecule has 0 fully saturated rings. The Morgan fingerprint density at radius 3 is 2.12 bits per heavy atom. The summed E-state index contributed by atoms with van der Waals surface area (Å²) in [5.41, 5.74) is 0.292. The molecule has 0 bridgehead atoms. The van der Waals surface area contributed by atoms with Crippen LogP contribution in [0.3, 0.4) is 0 Å². The van der Waals surface area contributed by atoms with Gasteiger partial charge in [0.25, 0.3) is 23.6 Å². The third kappa shape index (κ3) is 2.39. The molecule has 0 radical (unpaired) electrons. The molecule has 2 aliphatic heterocycles. The van der Waals surface area contributed by atoms with Crippen LogP contribution in [-0.2, 0) is 23.9 Å². The fourth-order valence-corrected chi connectivity index (χ4v) is 1.41. The van der Waals surface area contributed by atoms with Crippen molar-refractivity contribution >= 4 is 23.6 Å². The van der Waals surface area contributed by atoms with E-state index in [0.717, 1.165) is 6.08 Å². The molecule has 0 aromatic rings. The van der Waals surface area contributed by atoms with Crippen molar-refractivity contribution < 1.29 is 23.9 Å². The molecule has 7 nitrogen and oxygen atoms in total. The van der Waals surface area contributed by atoms with Gasteiger partial charge in [0.1, 0.15) is 0 Å². The molecule has 0 unspecified atom stereocenters. The molecule has 7 heteroatoms. The zero-order valence-corrected chi connectivity index (χ0v) is 8.61. The number of hydrogen-bond donors (Lipinski definition) is 2. The Labute approximate surface area is 95.5 Å². The van der Waals surface area contributed by atoms with Crippen molar-refractivity contribution in [1.82, 2.24) is 10.6 Å². The normalized spacial score (nSPS) is 18.8. The third-order valence-electron chi connectivity index (χ3n) is 2.19. The molecule has 0 atom stereocenters. The zero-order valence-electron chi connectivity index (χ0n) is 8.61. The summed E-state index contributed by atoms with van der Waals surface area (Å²) in [4.78, 5) is 43.8. The summed E-state index contributed by atoms with van der Waals surface area (Å²) in [5.74, 6) is -2.13. The van der Waals surface area contributed by atoms with Gasteiger partial charge in [0.2, 0.25) is 0 Å². The Balaban J connectivity index is 1.85. The molecule has 0 spiro atoms. The van der Waals surface area contributed by atoms with Gasteiger partial charge in [-0.1, -0.05) is 0 Å². The minimum absolute atomic E-state index is 0.0407. The second-order valence-corrected chi connectivity index (χ2v) is 3.41. The second-order valence-electron chi connectivity index (χ2n) is 3.41. The molecule has 0 saturated heterocycles. The predicted octanol–water partition coefficient (Wildman–Crippen LogP) is -1.48. The van der Waals surface area contributed by atoms with Gasteiger partial charge >= 0.3 is 0 Å². The highest BCUT2D eigenvalue weighted by atomic mass is 16.5. The van der Waals surface area contributed by atoms with Crippen LogP contribution in [0.5, 0.6) is 0 Å². The monoisotopic (exact) mass is 236 g/mol. The van der Waals surface area contributed by atoms with Crippen LogP contribution in [0.15, 0.2) is 23.5 Å². The smallest absolute Gasteiger partial charge is 0.293 e. The van der Waals surface area contributed by atoms with Crippen LogP contribution in [0.2, 0.25) is 0 Å². The highest BCUT2D eigenvalue weighted by molar-refractivity contribution is 6.16. The lowest BCUT2D eigenvalue weighted by atomic mass is 10.2. The first-order valence-corrected chi connectivity index (χ1v) is 4.82. The fourth-order valence-electron chi connectivity index (χ4n) is 1.41. The fraction of sp³-hybridized carbons (Fsp3) is 0.200. The summed E-state index contributed by atoms with van der Waals surface area (Å²) in [6.07, 6.45) is 2.41. The van der Waals surface area contributed by atoms with Gasteiger partial charge in [-0.25, -0.2) is 0 Å². The summed E-state index contributed by atoms with van der Waals surface area (Å²) in [6.45, 7) is 0.0407. The number of nitrogens with one attached hydrogen (secondary N) is 2. The molecule has 0 aromatic carbocycles. The Hall–Kier alpha value is -2.44. The Bertz CT molecular complexity index is 445. The highest BCUT2D eigenvalue weighted by Gasteiger charge is 2.24. The number of ether oxygens (including phenoxy) is 1. The van der Waals surface area contributed by atoms with Crippen molar-refractivity contribution in [3.8, 4) is 0 Å². The number of rotatable bonds is 4. The largest absolute Gasteiger partial charge is 0.487 e. The van der Waals surface area contributed by atoms with Gasteiger partial charge in [-0.05, 0) is 0 Å². The molecule has 88 valence electrons. The first kappa shape index (κ1) is 11.1. The molecule has 0 aliphatic carbocycles. The van der Waals surface area contributed by atoms with E-state index in [1.54, 1.807) is 0 Å². The highest BCUT2D eigenvalue weighted by Crippen LogP contribution is 2.10. The molecular weight excluding hydrogens is 228 g/mol. The summed E-state index contributed by atoms with van der Waals surface area (Å²) >= 11 is 0. The zero-order chi connectivity index (χ0) is 12.4. The maximum Gasteiger partial charge on any atom is 0.293 e. The van der Waals surface area contributed by atoms with Gasteiger partial charge in [-0.3, -0.25) is 29.8 Å². The first-order valence-electron chi connectivity index (χ1n) is 4.82. The van der Waals surface area contributed by atoms with E-state index >= 15 is 0 Å². The quantitative estimate of drug-likeness (QED) is 0.579. The van der Waals surface area contributed by atoms with E-state index in [1.165, 1.54) is 6.08 Å². The topological polar surface area (TPSA) is 102 Å². The predicted molar refractivity (Wildman–Crippen MR) is 53.0 cm³/mol. The van der Waals surface area contributed by atoms with Crippen LogP contribution in [0.1, 0.15) is 6.42 Å². The Morgan fingerprint density at radius 1 is 0.941 bits per heavy atom. The number of amides is 4. The van der Waals surface area contributed by atoms with Crippen molar-refractivity contribution in [2.75, 3.05) is 6.61 Å². The van der Waals surface area contributed by atoms with Crippen molar-refractivity contribution in [1.29, 1.82) is 0 Å². The number of carbonyl (C=O) groups is 4. The van der Waals surface area contributed by atoms with Crippen LogP contribution in [0, 0.1) is 0 Å². The standard InChI is InChI=1S/C10H8N2O5/c13-7-3-5(9(15)11-7)1-2-17-6-4-8(14)12-10(6)16/h3-4H,1-2H2,(H,11,13,15)(H,12,14,16). The van der Waals surface area contributed by atoms with Gasteiger partial charge in [-0.2, -0.15) is 0 Å². The van der Waals surface area contributed by atoms with Gasteiger partial charge in [0.15, 0.2) is 5.76 Å². The third-order valence-corrected chi connectivity index (χ3v) is 2.19. The van der Waals surface area contributed by atoms with Crippen molar-refractivity contribution in [2.45, 2.75) is 6.42 Å². The van der Waals surface area contributed by atoms with Gasteiger partial charge in [0, 0.05) is 18.1 Å². The lowest BCUT2D eigenvalue weighted by molar-refractivity contribution is -0.126. The molecule has 2 heterocycles. The molecule has 0 aromatic heterocycles. The maximum absolute atomic E-state index is 11.1. The van der Waals surface area contributed by atoms with Crippen LogP contribution in [-0.4, -0.2) is 30.2 Å². The van der Waals surface area contributed by atoms with E-state index in [2.05, 4.69) is 5.32 Å². The van der Waals surface area contributed by atoms with Crippen molar-refractivity contribution in [3.05, 3.63) is 23.5 Å². The molecule has 2 N–H and O–H groups in total. The van der Waals surface area contributed by atoms with E-state index in [0.29, 0.717) is 5.57 Å². The van der Waals surface area contributed by atoms with E-state index in [-0.39, 0.29) is 18.8 Å². The molecular formula is C10H8N2O5. The van der Waals surface area contributed by atoms with Crippen molar-refractivity contribution in [2.24, 2.45) is 0 Å². The molecule has 17 heavy (non-hydrogen) atoms. The van der Waals surface area contributed by atoms with E-state index in [4.69, 9.17) is 4.74 Å². The van der Waals surface area contributed by atoms with Crippen LogP contribution < -0.4 is 10.6 Å². The molecule has 4 amide bonds. The molecule has 2 aliphatic rings. The molecule has 0 saturated carbocycles. The number of imide groups is 2. The van der Waals surface area contributed by atoms with Crippen LogP contribution in [0.25, 0.3) is 0 Å². The van der Waals surface area contributed by atoms with Crippen LogP contribution >= 0.6 is 0 Å². The number of carbonyl (C=O) groups excluding carboxylic acids is 4. The lowest BCUT2D eigenvalue weighted by Crippen LogP contribution is -2.23. The van der Waals surface area contributed by atoms with Gasteiger partial charge in [-0.15, -0.1) is 0 Å². The minimum atomic E-state index is -0.601. The molecule has 2 rings (SSSR count). The average Bonchev–Trinajstić information content (AvgIpc) is 2.71. The van der Waals surface area contributed by atoms with Gasteiger partial charge in [0.05, 0.1) is 12.7 Å². The van der Waals surface area contributed by atoms with E-state index in [1.807, 2.05) is 5.32 Å². The maximum atomic E-state index is 11.1. The second kappa shape index (κ2) is 4.20. The van der Waals surface area contributed by atoms with Crippen LogP contribution in [0.4, 0.5) is 0 Å². The number of hydrogen-bond acceptors (Lipinski definition) is 5. The van der Waals surface area contributed by atoms with Gasteiger partial charge < -0.3 is 4.74 Å². The SMILES string of the molecule is O=C1C=C(CCOC2=CC(=O)NC2=O)C(=O)N1. The lowest BCUT2D eigenvalue weighted by Gasteiger charge is -2.04. The minimum Gasteiger partial charge on any atom is -0.487 e. The summed E-state index contributed by atoms with van der Waals surface area (Å²) < 4.78 is 5.03. The first-order chi connectivity index (χ1) is 8.06. The van der Waals surface area contributed by atoms with Crippen molar-refractivity contribution in [3.63, 3.8) is 0 Å².